The van der Waals surface area contributed by atoms with Gasteiger partial charge in [0.05, 0.1) is 33.3 Å². The van der Waals surface area contributed by atoms with E-state index in [0.717, 1.165) is 12.3 Å². The largest absolute Gasteiger partial charge is 0.511 e. The highest BCUT2D eigenvalue weighted by Gasteiger charge is 2.26. The summed E-state index contributed by atoms with van der Waals surface area (Å²) in [7, 11) is 1.35. The number of ether oxygens (including phenoxy) is 1. The molecule has 1 heterocycles. The molecular weight excluding hydrogens is 376 g/mol. The fraction of sp³-hybridized carbons (Fsp3) is 0.773. The molecule has 1 aromatic heterocycles. The molecule has 0 saturated carbocycles. The van der Waals surface area contributed by atoms with Crippen molar-refractivity contribution in [3.63, 3.8) is 0 Å². The van der Waals surface area contributed by atoms with E-state index in [-0.39, 0.29) is 5.88 Å². The van der Waals surface area contributed by atoms with Crippen molar-refractivity contribution in [1.29, 1.82) is 0 Å². The number of pyridine rings is 1. The molecule has 0 spiro atoms. The number of aromatic nitrogens is 1. The van der Waals surface area contributed by atoms with Gasteiger partial charge >= 0.3 is 6.98 Å². The first kappa shape index (κ1) is 27.8. The van der Waals surface area contributed by atoms with E-state index in [0.29, 0.717) is 0 Å². The van der Waals surface area contributed by atoms with Gasteiger partial charge in [0.25, 0.3) is 0 Å². The van der Waals surface area contributed by atoms with Crippen LogP contribution in [0.4, 0.5) is 12.9 Å². The van der Waals surface area contributed by atoms with Crippen molar-refractivity contribution in [2.45, 2.75) is 79.1 Å². The molecule has 0 aromatic carbocycles. The molecule has 0 amide bonds. The van der Waals surface area contributed by atoms with Crippen LogP contribution in [0.5, 0.6) is 5.88 Å². The molecule has 7 heteroatoms. The first-order valence-electron chi connectivity index (χ1n) is 11.3. The Morgan fingerprint density at radius 1 is 0.793 bits per heavy atom. The van der Waals surface area contributed by atoms with E-state index in [4.69, 9.17) is 0 Å². The van der Waals surface area contributed by atoms with Crippen molar-refractivity contribution in [2.75, 3.05) is 33.3 Å². The molecule has 29 heavy (non-hydrogen) atoms. The third kappa shape index (κ3) is 12.1. The lowest BCUT2D eigenvalue weighted by Gasteiger charge is -2.39. The van der Waals surface area contributed by atoms with E-state index in [9.17, 15) is 12.9 Å². The van der Waals surface area contributed by atoms with Gasteiger partial charge in [0.15, 0.2) is 0 Å². The topological polar surface area (TPSA) is 22.1 Å². The molecule has 0 saturated heterocycles. The molecule has 0 radical (unpaired) electrons. The third-order valence-corrected chi connectivity index (χ3v) is 5.29. The van der Waals surface area contributed by atoms with Gasteiger partial charge in [-0.25, -0.2) is 4.98 Å². The van der Waals surface area contributed by atoms with Gasteiger partial charge in [0.1, 0.15) is 0 Å². The number of methoxy groups -OCH3 is 1. The molecule has 0 bridgehead atoms. The zero-order chi connectivity index (χ0) is 22.2. The van der Waals surface area contributed by atoms with Crippen molar-refractivity contribution in [3.05, 3.63) is 18.3 Å². The van der Waals surface area contributed by atoms with Crippen molar-refractivity contribution < 1.29 is 22.2 Å². The predicted octanol–water partition coefficient (Wildman–Crippen LogP) is 6.15. The lowest BCUT2D eigenvalue weighted by Crippen LogP contribution is -2.50. The van der Waals surface area contributed by atoms with Crippen LogP contribution < -0.4 is 10.2 Å². The standard InChI is InChI=1S/C16H36N.C6H6BF3NO/c1-5-9-13-17(14-10-6-2,15-11-7-3)16-12-8-4;1-12-6-3-2-5(4-11-6)7(8,9)10/h5-16H2,1-4H3;2-4H,1H3/q+1;-1. The minimum Gasteiger partial charge on any atom is -0.481 e. The number of quaternary nitrogens is 1. The summed E-state index contributed by atoms with van der Waals surface area (Å²) in [6.07, 6.45) is 11.8. The van der Waals surface area contributed by atoms with Crippen LogP contribution in [0, 0.1) is 0 Å². The zero-order valence-corrected chi connectivity index (χ0v) is 19.2. The molecular formula is C22H42BF3N2O. The van der Waals surface area contributed by atoms with Gasteiger partial charge in [0.2, 0.25) is 5.88 Å². The quantitative estimate of drug-likeness (QED) is 0.267. The maximum absolute atomic E-state index is 12.0. The molecule has 1 rings (SSSR count). The van der Waals surface area contributed by atoms with Crippen LogP contribution in [0.2, 0.25) is 0 Å². The monoisotopic (exact) mass is 418 g/mol. The zero-order valence-electron chi connectivity index (χ0n) is 19.2. The summed E-state index contributed by atoms with van der Waals surface area (Å²) < 4.78 is 42.0. The number of nitrogens with zero attached hydrogens (tertiary/aromatic N) is 2. The van der Waals surface area contributed by atoms with Gasteiger partial charge in [-0.1, -0.05) is 64.9 Å². The summed E-state index contributed by atoms with van der Waals surface area (Å²) in [5.41, 5.74) is -0.712. The second-order valence-corrected chi connectivity index (χ2v) is 7.86. The van der Waals surface area contributed by atoms with Crippen LogP contribution in [-0.4, -0.2) is 49.7 Å². The average molecular weight is 418 g/mol. The summed E-state index contributed by atoms with van der Waals surface area (Å²) in [4.78, 5) is 3.44. The van der Waals surface area contributed by atoms with Crippen LogP contribution in [0.25, 0.3) is 0 Å². The van der Waals surface area contributed by atoms with Gasteiger partial charge in [-0.15, -0.1) is 0 Å². The molecule has 3 nitrogen and oxygen atoms in total. The smallest absolute Gasteiger partial charge is 0.481 e. The second kappa shape index (κ2) is 15.6. The molecule has 0 atom stereocenters. The van der Waals surface area contributed by atoms with E-state index >= 15 is 0 Å². The molecule has 0 aliphatic rings. The van der Waals surface area contributed by atoms with Gasteiger partial charge in [-0.05, 0) is 31.7 Å². The summed E-state index contributed by atoms with van der Waals surface area (Å²) in [6.45, 7) is 10.1. The Morgan fingerprint density at radius 2 is 1.21 bits per heavy atom. The third-order valence-electron chi connectivity index (χ3n) is 5.29. The van der Waals surface area contributed by atoms with E-state index in [2.05, 4.69) is 37.4 Å². The Kier molecular flexibility index (Phi) is 14.9. The normalized spacial score (nSPS) is 11.7. The molecule has 1 aromatic rings. The van der Waals surface area contributed by atoms with Gasteiger partial charge in [-0.2, -0.15) is 0 Å². The number of halogens is 3. The predicted molar refractivity (Wildman–Crippen MR) is 119 cm³/mol. The molecule has 0 fully saturated rings. The summed E-state index contributed by atoms with van der Waals surface area (Å²) in [5, 5.41) is 0. The first-order chi connectivity index (χ1) is 13.8. The molecule has 170 valence electrons. The molecule has 0 aliphatic carbocycles. The number of hydrogen-bond donors (Lipinski definition) is 0. The number of hydrogen-bond acceptors (Lipinski definition) is 2. The van der Waals surface area contributed by atoms with Crippen molar-refractivity contribution >= 4 is 12.4 Å². The fourth-order valence-corrected chi connectivity index (χ4v) is 3.35. The first-order valence-corrected chi connectivity index (χ1v) is 11.3. The molecule has 0 aliphatic heterocycles. The van der Waals surface area contributed by atoms with E-state index in [1.54, 1.807) is 0 Å². The highest BCUT2D eigenvalue weighted by Crippen LogP contribution is 2.16. The van der Waals surface area contributed by atoms with Gasteiger partial charge in [0, 0.05) is 6.20 Å². The minimum atomic E-state index is -4.94. The van der Waals surface area contributed by atoms with Crippen molar-refractivity contribution in [3.8, 4) is 5.88 Å². The lowest BCUT2D eigenvalue weighted by molar-refractivity contribution is -0.929. The average Bonchev–Trinajstić information content (AvgIpc) is 2.72. The maximum Gasteiger partial charge on any atom is 0.511 e. The maximum atomic E-state index is 12.0. The summed E-state index contributed by atoms with van der Waals surface area (Å²) in [5.74, 6) is 0.179. The van der Waals surface area contributed by atoms with E-state index in [1.807, 2.05) is 0 Å². The summed E-state index contributed by atoms with van der Waals surface area (Å²) >= 11 is 0. The van der Waals surface area contributed by atoms with Crippen molar-refractivity contribution in [2.24, 2.45) is 0 Å². The van der Waals surface area contributed by atoms with Crippen LogP contribution in [0.15, 0.2) is 18.3 Å². The lowest BCUT2D eigenvalue weighted by atomic mass is 9.82. The SMILES string of the molecule is CCCC[N+](CCCC)(CCCC)CCCC.COc1ccc([B-](F)(F)F)cn1. The minimum absolute atomic E-state index is 0.179. The Balaban J connectivity index is 0.000000571. The second-order valence-electron chi connectivity index (χ2n) is 7.86. The van der Waals surface area contributed by atoms with Crippen LogP contribution in [-0.2, 0) is 0 Å². The Morgan fingerprint density at radius 3 is 1.45 bits per heavy atom. The molecule has 0 N–H and O–H groups in total. The Bertz CT molecular complexity index is 472. The van der Waals surface area contributed by atoms with Crippen LogP contribution >= 0.6 is 0 Å². The van der Waals surface area contributed by atoms with E-state index < -0.39 is 12.4 Å². The number of rotatable bonds is 14. The van der Waals surface area contributed by atoms with Crippen LogP contribution in [0.1, 0.15) is 79.1 Å². The van der Waals surface area contributed by atoms with Gasteiger partial charge < -0.3 is 22.2 Å². The fourth-order valence-electron chi connectivity index (χ4n) is 3.35. The summed E-state index contributed by atoms with van der Waals surface area (Å²) in [6, 6.07) is 2.14. The molecule has 0 unspecified atom stereocenters. The van der Waals surface area contributed by atoms with E-state index in [1.165, 1.54) is 95.2 Å². The van der Waals surface area contributed by atoms with Gasteiger partial charge in [-0.3, -0.25) is 0 Å². The Labute approximate surface area is 176 Å². The highest BCUT2D eigenvalue weighted by atomic mass is 19.4. The number of unbranched alkanes of at least 4 members (excludes halogenated alkanes) is 4. The highest BCUT2D eigenvalue weighted by molar-refractivity contribution is 6.73. The van der Waals surface area contributed by atoms with Crippen molar-refractivity contribution in [1.82, 2.24) is 4.98 Å². The Hall–Kier alpha value is -1.24. The van der Waals surface area contributed by atoms with Crippen LogP contribution in [0.3, 0.4) is 0 Å².